The topological polar surface area (TPSA) is 38.7 Å². The van der Waals surface area contributed by atoms with Crippen LogP contribution < -0.4 is 0 Å². The highest BCUT2D eigenvalue weighted by Gasteiger charge is 2.13. The summed E-state index contributed by atoms with van der Waals surface area (Å²) >= 11 is 0. The van der Waals surface area contributed by atoms with Crippen molar-refractivity contribution in [3.05, 3.63) is 17.2 Å². The lowest BCUT2D eigenvalue weighted by atomic mass is 10.0. The van der Waals surface area contributed by atoms with Gasteiger partial charge in [-0.05, 0) is 18.8 Å². The fourth-order valence-electron chi connectivity index (χ4n) is 1.27. The molecule has 0 aromatic carbocycles. The van der Waals surface area contributed by atoms with Crippen molar-refractivity contribution in [3.63, 3.8) is 0 Å². The molecule has 3 heteroatoms. The Balaban J connectivity index is 3.19. The molecule has 0 bridgehead atoms. The molecule has 72 valence electrons. The first-order valence-electron chi connectivity index (χ1n) is 4.73. The van der Waals surface area contributed by atoms with Gasteiger partial charge in [-0.1, -0.05) is 27.7 Å². The van der Waals surface area contributed by atoms with E-state index in [-0.39, 0.29) is 0 Å². The summed E-state index contributed by atoms with van der Waals surface area (Å²) in [5.74, 6) is 1.58. The van der Waals surface area contributed by atoms with E-state index in [0.29, 0.717) is 11.8 Å². The number of hydrogen-bond acceptors (Lipinski definition) is 3. The minimum absolute atomic E-state index is 0.401. The van der Waals surface area contributed by atoms with Gasteiger partial charge in [-0.3, -0.25) is 0 Å². The molecule has 1 aromatic heterocycles. The van der Waals surface area contributed by atoms with Gasteiger partial charge in [0.05, 0.1) is 11.4 Å². The largest absolute Gasteiger partial charge is 0.234 e. The maximum absolute atomic E-state index is 4.42. The van der Waals surface area contributed by atoms with E-state index in [2.05, 4.69) is 42.9 Å². The summed E-state index contributed by atoms with van der Waals surface area (Å²) in [5, 5.41) is 8.17. The minimum Gasteiger partial charge on any atom is -0.234 e. The van der Waals surface area contributed by atoms with Crippen molar-refractivity contribution in [2.45, 2.75) is 46.5 Å². The molecule has 3 nitrogen and oxygen atoms in total. The molecule has 0 aliphatic rings. The van der Waals surface area contributed by atoms with Crippen molar-refractivity contribution in [2.75, 3.05) is 0 Å². The molecule has 0 saturated heterocycles. The second kappa shape index (κ2) is 3.81. The van der Waals surface area contributed by atoms with Gasteiger partial charge in [0, 0.05) is 0 Å². The van der Waals surface area contributed by atoms with Crippen molar-refractivity contribution in [3.8, 4) is 0 Å². The molecule has 0 fully saturated rings. The van der Waals surface area contributed by atoms with E-state index in [9.17, 15) is 0 Å². The van der Waals surface area contributed by atoms with E-state index >= 15 is 0 Å². The lowest BCUT2D eigenvalue weighted by Gasteiger charge is -2.12. The number of nitrogens with zero attached hydrogens (tertiary/aromatic N) is 3. The number of rotatable bonds is 2. The molecule has 1 heterocycles. The zero-order chi connectivity index (χ0) is 10.0. The highest BCUT2D eigenvalue weighted by Crippen LogP contribution is 2.21. The van der Waals surface area contributed by atoms with Crippen LogP contribution in [0.2, 0.25) is 0 Å². The van der Waals surface area contributed by atoms with Crippen LogP contribution in [-0.4, -0.2) is 15.2 Å². The van der Waals surface area contributed by atoms with Gasteiger partial charge in [0.2, 0.25) is 0 Å². The first kappa shape index (κ1) is 10.1. The summed E-state index contributed by atoms with van der Waals surface area (Å²) in [6.07, 6.45) is 0. The van der Waals surface area contributed by atoms with Gasteiger partial charge in [0.1, 0.15) is 5.82 Å². The van der Waals surface area contributed by atoms with Gasteiger partial charge in [-0.25, -0.2) is 4.98 Å². The minimum atomic E-state index is 0.401. The van der Waals surface area contributed by atoms with Crippen molar-refractivity contribution in [1.29, 1.82) is 0 Å². The molecule has 0 atom stereocenters. The third-order valence-corrected chi connectivity index (χ3v) is 1.94. The van der Waals surface area contributed by atoms with Gasteiger partial charge in [-0.15, -0.1) is 5.10 Å². The van der Waals surface area contributed by atoms with Crippen LogP contribution in [0.5, 0.6) is 0 Å². The Morgan fingerprint density at radius 1 is 0.846 bits per heavy atom. The van der Waals surface area contributed by atoms with Gasteiger partial charge < -0.3 is 0 Å². The molecule has 0 unspecified atom stereocenters. The Bertz CT molecular complexity index is 292. The van der Waals surface area contributed by atoms with E-state index in [4.69, 9.17) is 0 Å². The van der Waals surface area contributed by atoms with Crippen molar-refractivity contribution < 1.29 is 0 Å². The first-order valence-corrected chi connectivity index (χ1v) is 4.73. The van der Waals surface area contributed by atoms with E-state index in [1.54, 1.807) is 0 Å². The van der Waals surface area contributed by atoms with Crippen LogP contribution in [0.4, 0.5) is 0 Å². The summed E-state index contributed by atoms with van der Waals surface area (Å²) in [4.78, 5) is 4.42. The van der Waals surface area contributed by atoms with Crippen LogP contribution in [0, 0.1) is 6.92 Å². The second-order valence-corrected chi connectivity index (χ2v) is 3.94. The Hall–Kier alpha value is -0.990. The number of hydrogen-bond donors (Lipinski definition) is 0. The van der Waals surface area contributed by atoms with E-state index in [1.165, 1.54) is 0 Å². The molecule has 0 radical (unpaired) electrons. The molecule has 1 rings (SSSR count). The van der Waals surface area contributed by atoms with E-state index in [1.807, 2.05) is 6.92 Å². The van der Waals surface area contributed by atoms with Crippen molar-refractivity contribution in [1.82, 2.24) is 15.2 Å². The first-order chi connectivity index (χ1) is 6.02. The molecule has 0 saturated carbocycles. The predicted octanol–water partition coefficient (Wildman–Crippen LogP) is 2.43. The summed E-state index contributed by atoms with van der Waals surface area (Å²) in [6, 6.07) is 0. The molecule has 13 heavy (non-hydrogen) atoms. The van der Waals surface area contributed by atoms with Crippen LogP contribution in [0.25, 0.3) is 0 Å². The van der Waals surface area contributed by atoms with Gasteiger partial charge in [0.25, 0.3) is 0 Å². The Labute approximate surface area is 79.6 Å². The lowest BCUT2D eigenvalue weighted by Crippen LogP contribution is -2.08. The third-order valence-electron chi connectivity index (χ3n) is 1.94. The fraction of sp³-hybridized carbons (Fsp3) is 0.700. The van der Waals surface area contributed by atoms with Crippen LogP contribution in [0.15, 0.2) is 0 Å². The van der Waals surface area contributed by atoms with Crippen LogP contribution in [0.3, 0.4) is 0 Å². The number of aromatic nitrogens is 3. The van der Waals surface area contributed by atoms with Gasteiger partial charge in [-0.2, -0.15) is 5.10 Å². The average Bonchev–Trinajstić information content (AvgIpc) is 2.03. The smallest absolute Gasteiger partial charge is 0.148 e. The molecule has 0 aliphatic heterocycles. The normalized spacial score (nSPS) is 11.3. The number of aryl methyl sites for hydroxylation is 1. The van der Waals surface area contributed by atoms with Crippen LogP contribution in [-0.2, 0) is 0 Å². The third kappa shape index (κ3) is 2.23. The highest BCUT2D eigenvalue weighted by atomic mass is 15.2. The average molecular weight is 179 g/mol. The summed E-state index contributed by atoms with van der Waals surface area (Å²) in [5.41, 5.74) is 2.11. The molecular formula is C10H17N3. The molecule has 0 spiro atoms. The summed E-state index contributed by atoms with van der Waals surface area (Å²) in [6.45, 7) is 10.4. The standard InChI is InChI=1S/C10H17N3/c1-6(2)9-10(7(3)4)13-12-8(5)11-9/h6-7H,1-5H3. The quantitative estimate of drug-likeness (QED) is 0.699. The van der Waals surface area contributed by atoms with Crippen LogP contribution in [0.1, 0.15) is 56.7 Å². The molecule has 0 aliphatic carbocycles. The lowest BCUT2D eigenvalue weighted by molar-refractivity contribution is 0.681. The predicted molar refractivity (Wildman–Crippen MR) is 52.7 cm³/mol. The maximum atomic E-state index is 4.42. The Kier molecular flexibility index (Phi) is 2.96. The van der Waals surface area contributed by atoms with Gasteiger partial charge >= 0.3 is 0 Å². The Morgan fingerprint density at radius 2 is 1.38 bits per heavy atom. The molecular weight excluding hydrogens is 162 g/mol. The van der Waals surface area contributed by atoms with E-state index in [0.717, 1.165) is 17.2 Å². The summed E-state index contributed by atoms with van der Waals surface area (Å²) in [7, 11) is 0. The monoisotopic (exact) mass is 179 g/mol. The van der Waals surface area contributed by atoms with Crippen LogP contribution >= 0.6 is 0 Å². The maximum Gasteiger partial charge on any atom is 0.148 e. The molecule has 0 N–H and O–H groups in total. The SMILES string of the molecule is Cc1nnc(C(C)C)c(C(C)C)n1. The second-order valence-electron chi connectivity index (χ2n) is 3.94. The molecule has 0 amide bonds. The van der Waals surface area contributed by atoms with E-state index < -0.39 is 0 Å². The van der Waals surface area contributed by atoms with Crippen molar-refractivity contribution >= 4 is 0 Å². The zero-order valence-corrected chi connectivity index (χ0v) is 9.00. The molecule has 1 aromatic rings. The van der Waals surface area contributed by atoms with Gasteiger partial charge in [0.15, 0.2) is 0 Å². The Morgan fingerprint density at radius 3 is 1.85 bits per heavy atom. The highest BCUT2D eigenvalue weighted by molar-refractivity contribution is 5.17. The van der Waals surface area contributed by atoms with Crippen molar-refractivity contribution in [2.24, 2.45) is 0 Å². The fourth-order valence-corrected chi connectivity index (χ4v) is 1.27. The zero-order valence-electron chi connectivity index (χ0n) is 9.00. The summed E-state index contributed by atoms with van der Waals surface area (Å²) < 4.78 is 0.